The van der Waals surface area contributed by atoms with Gasteiger partial charge < -0.3 is 4.42 Å². The Hall–Kier alpha value is -2.13. The van der Waals surface area contributed by atoms with Crippen LogP contribution >= 0.6 is 11.6 Å². The summed E-state index contributed by atoms with van der Waals surface area (Å²) in [5.41, 5.74) is 2.91. The summed E-state index contributed by atoms with van der Waals surface area (Å²) in [4.78, 5) is 15.6. The van der Waals surface area contributed by atoms with Crippen LogP contribution in [0.3, 0.4) is 0 Å². The van der Waals surface area contributed by atoms with Crippen LogP contribution in [-0.2, 0) is 0 Å². The largest absolute Gasteiger partial charge is 0.436 e. The van der Waals surface area contributed by atoms with E-state index in [9.17, 15) is 4.79 Å². The molecule has 19 heavy (non-hydrogen) atoms. The zero-order valence-electron chi connectivity index (χ0n) is 10.2. The molecule has 3 aromatic rings. The maximum atomic E-state index is 11.2. The smallest absolute Gasteiger partial charge is 0.227 e. The monoisotopic (exact) mass is 271 g/mol. The highest BCUT2D eigenvalue weighted by atomic mass is 35.5. The van der Waals surface area contributed by atoms with Gasteiger partial charge in [0.1, 0.15) is 5.52 Å². The molecule has 0 N–H and O–H groups in total. The van der Waals surface area contributed by atoms with E-state index in [1.165, 1.54) is 6.92 Å². The molecule has 0 saturated carbocycles. The highest BCUT2D eigenvalue weighted by Crippen LogP contribution is 2.26. The molecule has 0 saturated heterocycles. The van der Waals surface area contributed by atoms with Crippen LogP contribution in [0.4, 0.5) is 0 Å². The van der Waals surface area contributed by atoms with Crippen molar-refractivity contribution in [2.75, 3.05) is 0 Å². The number of oxazole rings is 1. The second-order valence-corrected chi connectivity index (χ2v) is 4.70. The molecule has 0 spiro atoms. The van der Waals surface area contributed by atoms with Gasteiger partial charge in [-0.25, -0.2) is 4.98 Å². The van der Waals surface area contributed by atoms with Gasteiger partial charge in [-0.3, -0.25) is 4.79 Å². The second kappa shape index (κ2) is 4.52. The van der Waals surface area contributed by atoms with Crippen molar-refractivity contribution in [3.63, 3.8) is 0 Å². The number of fused-ring (bicyclic) bond motifs is 1. The lowest BCUT2D eigenvalue weighted by Crippen LogP contribution is -1.90. The maximum absolute atomic E-state index is 11.2. The molecule has 0 radical (unpaired) electrons. The summed E-state index contributed by atoms with van der Waals surface area (Å²) >= 11 is 5.90. The molecule has 3 rings (SSSR count). The van der Waals surface area contributed by atoms with Crippen LogP contribution in [-0.4, -0.2) is 10.8 Å². The summed E-state index contributed by atoms with van der Waals surface area (Å²) in [6.45, 7) is 1.54. The minimum absolute atomic E-state index is 0.0379. The van der Waals surface area contributed by atoms with E-state index in [0.29, 0.717) is 22.1 Å². The fourth-order valence-corrected chi connectivity index (χ4v) is 2.03. The molecule has 0 bridgehead atoms. The van der Waals surface area contributed by atoms with Crippen LogP contribution in [0.5, 0.6) is 0 Å². The van der Waals surface area contributed by atoms with Crippen LogP contribution in [0.1, 0.15) is 17.3 Å². The van der Waals surface area contributed by atoms with Gasteiger partial charge in [-0.1, -0.05) is 23.7 Å². The first-order valence-electron chi connectivity index (χ1n) is 5.81. The number of carbonyl (C=O) groups is 1. The number of rotatable bonds is 2. The third-order valence-corrected chi connectivity index (χ3v) is 3.12. The Morgan fingerprint density at radius 2 is 1.89 bits per heavy atom. The first-order valence-corrected chi connectivity index (χ1v) is 6.19. The van der Waals surface area contributed by atoms with Gasteiger partial charge in [0.2, 0.25) is 5.89 Å². The molecule has 3 nitrogen and oxygen atoms in total. The molecule has 0 fully saturated rings. The van der Waals surface area contributed by atoms with Crippen molar-refractivity contribution in [1.29, 1.82) is 0 Å². The number of aromatic nitrogens is 1. The number of nitrogens with zero attached hydrogens (tertiary/aromatic N) is 1. The van der Waals surface area contributed by atoms with E-state index in [2.05, 4.69) is 4.98 Å². The van der Waals surface area contributed by atoms with Crippen LogP contribution < -0.4 is 0 Å². The van der Waals surface area contributed by atoms with Gasteiger partial charge in [0.15, 0.2) is 11.4 Å². The topological polar surface area (TPSA) is 43.1 Å². The molecular formula is C15H10ClNO2. The Bertz CT molecular complexity index is 759. The molecule has 1 heterocycles. The Morgan fingerprint density at radius 3 is 2.58 bits per heavy atom. The molecule has 0 atom stereocenters. The fraction of sp³-hybridized carbons (Fsp3) is 0.0667. The van der Waals surface area contributed by atoms with Crippen molar-refractivity contribution < 1.29 is 9.21 Å². The van der Waals surface area contributed by atoms with Crippen LogP contribution in [0, 0.1) is 0 Å². The van der Waals surface area contributed by atoms with E-state index in [1.807, 2.05) is 18.2 Å². The van der Waals surface area contributed by atoms with Crippen LogP contribution in [0.2, 0.25) is 5.02 Å². The third kappa shape index (κ3) is 2.25. The SMILES string of the molecule is CC(=O)c1ccc(-c2nc3ccc(Cl)cc3o2)cc1. The van der Waals surface area contributed by atoms with Crippen LogP contribution in [0.25, 0.3) is 22.6 Å². The molecular weight excluding hydrogens is 262 g/mol. The summed E-state index contributed by atoms with van der Waals surface area (Å²) in [6, 6.07) is 12.5. The van der Waals surface area contributed by atoms with E-state index in [-0.39, 0.29) is 5.78 Å². The van der Waals surface area contributed by atoms with Crippen LogP contribution in [0.15, 0.2) is 46.9 Å². The normalized spacial score (nSPS) is 10.8. The summed E-state index contributed by atoms with van der Waals surface area (Å²) in [6.07, 6.45) is 0. The van der Waals surface area contributed by atoms with Crippen molar-refractivity contribution >= 4 is 28.5 Å². The predicted molar refractivity (Wildman–Crippen MR) is 74.5 cm³/mol. The lowest BCUT2D eigenvalue weighted by Gasteiger charge is -1.97. The molecule has 0 aliphatic carbocycles. The summed E-state index contributed by atoms with van der Waals surface area (Å²) < 4.78 is 5.65. The zero-order valence-corrected chi connectivity index (χ0v) is 10.9. The minimum Gasteiger partial charge on any atom is -0.436 e. The van der Waals surface area contributed by atoms with E-state index in [1.54, 1.807) is 24.3 Å². The van der Waals surface area contributed by atoms with E-state index < -0.39 is 0 Å². The van der Waals surface area contributed by atoms with Gasteiger partial charge in [-0.05, 0) is 31.2 Å². The van der Waals surface area contributed by atoms with Gasteiger partial charge in [0.25, 0.3) is 0 Å². The number of Topliss-reactive ketones (excluding diaryl/α,β-unsaturated/α-hetero) is 1. The molecule has 0 aliphatic rings. The van der Waals surface area contributed by atoms with Gasteiger partial charge in [0, 0.05) is 22.2 Å². The van der Waals surface area contributed by atoms with Gasteiger partial charge in [0.05, 0.1) is 0 Å². The number of hydrogen-bond acceptors (Lipinski definition) is 3. The van der Waals surface area contributed by atoms with Crippen molar-refractivity contribution in [2.24, 2.45) is 0 Å². The first kappa shape index (κ1) is 11.9. The molecule has 0 amide bonds. The molecule has 94 valence electrons. The summed E-state index contributed by atoms with van der Waals surface area (Å²) in [5, 5.41) is 0.613. The Labute approximate surface area is 114 Å². The first-order chi connectivity index (χ1) is 9.13. The lowest BCUT2D eigenvalue weighted by molar-refractivity contribution is 0.101. The molecule has 0 unspecified atom stereocenters. The number of carbonyl (C=O) groups excluding carboxylic acids is 1. The Kier molecular flexibility index (Phi) is 2.84. The number of benzene rings is 2. The number of hydrogen-bond donors (Lipinski definition) is 0. The quantitative estimate of drug-likeness (QED) is 0.651. The third-order valence-electron chi connectivity index (χ3n) is 2.89. The standard InChI is InChI=1S/C15H10ClNO2/c1-9(18)10-2-4-11(5-3-10)15-17-13-7-6-12(16)8-14(13)19-15/h2-8H,1H3. The van der Waals surface area contributed by atoms with Gasteiger partial charge >= 0.3 is 0 Å². The van der Waals surface area contributed by atoms with Crippen molar-refractivity contribution in [2.45, 2.75) is 6.92 Å². The van der Waals surface area contributed by atoms with E-state index in [4.69, 9.17) is 16.0 Å². The number of halogens is 1. The van der Waals surface area contributed by atoms with Crippen molar-refractivity contribution in [1.82, 2.24) is 4.98 Å². The van der Waals surface area contributed by atoms with E-state index >= 15 is 0 Å². The minimum atomic E-state index is 0.0379. The highest BCUT2D eigenvalue weighted by Gasteiger charge is 2.09. The summed E-state index contributed by atoms with van der Waals surface area (Å²) in [5.74, 6) is 0.559. The maximum Gasteiger partial charge on any atom is 0.227 e. The van der Waals surface area contributed by atoms with Gasteiger partial charge in [-0.2, -0.15) is 0 Å². The Morgan fingerprint density at radius 1 is 1.16 bits per heavy atom. The molecule has 2 aromatic carbocycles. The second-order valence-electron chi connectivity index (χ2n) is 4.26. The van der Waals surface area contributed by atoms with Gasteiger partial charge in [-0.15, -0.1) is 0 Å². The molecule has 1 aromatic heterocycles. The fourth-order valence-electron chi connectivity index (χ4n) is 1.87. The van der Waals surface area contributed by atoms with Crippen molar-refractivity contribution in [3.8, 4) is 11.5 Å². The highest BCUT2D eigenvalue weighted by molar-refractivity contribution is 6.31. The van der Waals surface area contributed by atoms with Crippen molar-refractivity contribution in [3.05, 3.63) is 53.1 Å². The average Bonchev–Trinajstić information content (AvgIpc) is 2.81. The molecule has 4 heteroatoms. The zero-order chi connectivity index (χ0) is 13.4. The average molecular weight is 272 g/mol. The molecule has 0 aliphatic heterocycles. The summed E-state index contributed by atoms with van der Waals surface area (Å²) in [7, 11) is 0. The number of ketones is 1. The Balaban J connectivity index is 2.06. The predicted octanol–water partition coefficient (Wildman–Crippen LogP) is 4.35. The van der Waals surface area contributed by atoms with E-state index in [0.717, 1.165) is 11.1 Å². The lowest BCUT2D eigenvalue weighted by atomic mass is 10.1.